The molecule has 0 bridgehead atoms. The maximum atomic E-state index is 12.4. The van der Waals surface area contributed by atoms with Gasteiger partial charge in [0.25, 0.3) is 5.91 Å². The van der Waals surface area contributed by atoms with Crippen molar-refractivity contribution in [3.63, 3.8) is 0 Å². The van der Waals surface area contributed by atoms with E-state index < -0.39 is 0 Å². The van der Waals surface area contributed by atoms with E-state index in [-0.39, 0.29) is 11.8 Å². The third-order valence-corrected chi connectivity index (χ3v) is 5.45. The van der Waals surface area contributed by atoms with Crippen LogP contribution in [0, 0.1) is 0 Å². The van der Waals surface area contributed by atoms with Crippen LogP contribution in [0.1, 0.15) is 23.7 Å². The van der Waals surface area contributed by atoms with Gasteiger partial charge in [-0.05, 0) is 44.3 Å². The highest BCUT2D eigenvalue weighted by Gasteiger charge is 2.23. The van der Waals surface area contributed by atoms with Crippen molar-refractivity contribution in [2.24, 2.45) is 0 Å². The predicted molar refractivity (Wildman–Crippen MR) is 82.5 cm³/mol. The number of hydrogen-bond acceptors (Lipinski definition) is 3. The summed E-state index contributed by atoms with van der Waals surface area (Å²) >= 11 is 8.29. The zero-order chi connectivity index (χ0) is 14.0. The Bertz CT molecular complexity index is 504. The van der Waals surface area contributed by atoms with Gasteiger partial charge in [0.15, 0.2) is 0 Å². The largest absolute Gasteiger partial charge is 0.341 e. The normalized spacial score (nSPS) is 16.4. The average Bonchev–Trinajstić information content (AvgIpc) is 2.57. The number of nitrogens with zero attached hydrogens (tertiary/aromatic N) is 2. The van der Waals surface area contributed by atoms with Crippen LogP contribution in [0.4, 0.5) is 0 Å². The van der Waals surface area contributed by atoms with Crippen LogP contribution >= 0.6 is 43.2 Å². The number of hydrogen-bond donors (Lipinski definition) is 0. The van der Waals surface area contributed by atoms with Crippen molar-refractivity contribution in [2.75, 3.05) is 26.2 Å². The molecular weight excluding hydrogens is 396 g/mol. The van der Waals surface area contributed by atoms with Crippen molar-refractivity contribution in [3.8, 4) is 0 Å². The first-order valence-electron chi connectivity index (χ1n) is 5.98. The number of halogens is 2. The Hall–Kier alpha value is -0.400. The van der Waals surface area contributed by atoms with Crippen LogP contribution in [0.3, 0.4) is 0 Å². The van der Waals surface area contributed by atoms with Gasteiger partial charge in [-0.2, -0.15) is 0 Å². The molecule has 1 saturated heterocycles. The standard InChI is InChI=1S/C12H14Br2N2O2S/c1-8(17)15-3-2-4-16(6-5-15)12(18)9-7-10(13)19-11(9)14/h7H,2-6H2,1H3. The summed E-state index contributed by atoms with van der Waals surface area (Å²) in [5, 5.41) is 0. The smallest absolute Gasteiger partial charge is 0.255 e. The first kappa shape index (κ1) is 15.0. The van der Waals surface area contributed by atoms with Crippen LogP contribution < -0.4 is 0 Å². The van der Waals surface area contributed by atoms with E-state index in [0.717, 1.165) is 20.5 Å². The molecular formula is C12H14Br2N2O2S. The van der Waals surface area contributed by atoms with Gasteiger partial charge in [-0.1, -0.05) is 0 Å². The van der Waals surface area contributed by atoms with Crippen molar-refractivity contribution >= 4 is 55.0 Å². The van der Waals surface area contributed by atoms with Crippen LogP contribution in [-0.4, -0.2) is 47.8 Å². The van der Waals surface area contributed by atoms with Gasteiger partial charge < -0.3 is 9.80 Å². The Labute approximate surface area is 133 Å². The minimum atomic E-state index is 0.0271. The first-order chi connectivity index (χ1) is 8.99. The SMILES string of the molecule is CC(=O)N1CCCN(C(=O)c2cc(Br)sc2Br)CC1. The lowest BCUT2D eigenvalue weighted by Gasteiger charge is -2.21. The van der Waals surface area contributed by atoms with Gasteiger partial charge in [0.1, 0.15) is 0 Å². The molecule has 0 radical (unpaired) electrons. The Morgan fingerprint density at radius 3 is 2.37 bits per heavy atom. The third kappa shape index (κ3) is 3.58. The lowest BCUT2D eigenvalue weighted by atomic mass is 10.3. The molecule has 0 saturated carbocycles. The summed E-state index contributed by atoms with van der Waals surface area (Å²) in [6.07, 6.45) is 0.828. The molecule has 4 nitrogen and oxygen atoms in total. The van der Waals surface area contributed by atoms with E-state index in [1.54, 1.807) is 11.8 Å². The highest BCUT2D eigenvalue weighted by atomic mass is 79.9. The summed E-state index contributed by atoms with van der Waals surface area (Å²) in [4.78, 5) is 27.4. The van der Waals surface area contributed by atoms with Crippen molar-refractivity contribution in [1.29, 1.82) is 0 Å². The van der Waals surface area contributed by atoms with Gasteiger partial charge in [0.05, 0.1) is 13.1 Å². The molecule has 104 valence electrons. The van der Waals surface area contributed by atoms with E-state index in [2.05, 4.69) is 31.9 Å². The zero-order valence-corrected chi connectivity index (χ0v) is 14.5. The molecule has 1 aliphatic rings. The fourth-order valence-corrected chi connectivity index (χ4v) is 4.87. The van der Waals surface area contributed by atoms with E-state index >= 15 is 0 Å². The molecule has 1 aromatic rings. The highest BCUT2D eigenvalue weighted by molar-refractivity contribution is 9.12. The second-order valence-corrected chi connectivity index (χ2v) is 8.14. The fourth-order valence-electron chi connectivity index (χ4n) is 2.09. The Balaban J connectivity index is 2.08. The van der Waals surface area contributed by atoms with E-state index in [0.29, 0.717) is 25.2 Å². The number of thiophene rings is 1. The first-order valence-corrected chi connectivity index (χ1v) is 8.39. The summed E-state index contributed by atoms with van der Waals surface area (Å²) in [5.41, 5.74) is 0.688. The number of rotatable bonds is 1. The molecule has 0 aromatic carbocycles. The molecule has 0 unspecified atom stereocenters. The van der Waals surface area contributed by atoms with E-state index in [4.69, 9.17) is 0 Å². The number of amides is 2. The molecule has 7 heteroatoms. The number of carbonyl (C=O) groups excluding carboxylic acids is 2. The molecule has 0 aliphatic carbocycles. The summed E-state index contributed by atoms with van der Waals surface area (Å²) in [6.45, 7) is 4.21. The van der Waals surface area contributed by atoms with Crippen LogP contribution in [0.2, 0.25) is 0 Å². The topological polar surface area (TPSA) is 40.6 Å². The van der Waals surface area contributed by atoms with Gasteiger partial charge in [0.2, 0.25) is 5.91 Å². The highest BCUT2D eigenvalue weighted by Crippen LogP contribution is 2.32. The molecule has 0 spiro atoms. The third-order valence-electron chi connectivity index (χ3n) is 3.12. The van der Waals surface area contributed by atoms with Gasteiger partial charge in [-0.25, -0.2) is 0 Å². The second kappa shape index (κ2) is 6.37. The van der Waals surface area contributed by atoms with Crippen molar-refractivity contribution in [2.45, 2.75) is 13.3 Å². The van der Waals surface area contributed by atoms with Crippen LogP contribution in [0.5, 0.6) is 0 Å². The van der Waals surface area contributed by atoms with Gasteiger partial charge in [-0.3, -0.25) is 9.59 Å². The predicted octanol–water partition coefficient (Wildman–Crippen LogP) is 2.97. The quantitative estimate of drug-likeness (QED) is 0.715. The van der Waals surface area contributed by atoms with Gasteiger partial charge in [-0.15, -0.1) is 11.3 Å². The van der Waals surface area contributed by atoms with E-state index in [1.807, 2.05) is 11.0 Å². The monoisotopic (exact) mass is 408 g/mol. The molecule has 0 N–H and O–H groups in total. The molecule has 1 aliphatic heterocycles. The summed E-state index contributed by atoms with van der Waals surface area (Å²) in [7, 11) is 0. The molecule has 2 rings (SSSR count). The average molecular weight is 410 g/mol. The van der Waals surface area contributed by atoms with E-state index in [1.165, 1.54) is 11.3 Å². The molecule has 0 atom stereocenters. The van der Waals surface area contributed by atoms with E-state index in [9.17, 15) is 9.59 Å². The second-order valence-electron chi connectivity index (χ2n) is 4.39. The zero-order valence-electron chi connectivity index (χ0n) is 10.5. The Morgan fingerprint density at radius 2 is 1.79 bits per heavy atom. The molecule has 19 heavy (non-hydrogen) atoms. The summed E-state index contributed by atoms with van der Waals surface area (Å²) in [6, 6.07) is 1.84. The minimum absolute atomic E-state index is 0.0271. The van der Waals surface area contributed by atoms with Crippen LogP contribution in [0.25, 0.3) is 0 Å². The van der Waals surface area contributed by atoms with Gasteiger partial charge in [0, 0.05) is 33.1 Å². The Morgan fingerprint density at radius 1 is 1.16 bits per heavy atom. The molecule has 1 fully saturated rings. The maximum absolute atomic E-state index is 12.4. The fraction of sp³-hybridized carbons (Fsp3) is 0.500. The van der Waals surface area contributed by atoms with Crippen LogP contribution in [-0.2, 0) is 4.79 Å². The summed E-state index contributed by atoms with van der Waals surface area (Å²) < 4.78 is 1.78. The maximum Gasteiger partial charge on any atom is 0.255 e. The molecule has 1 aromatic heterocycles. The molecule has 2 amide bonds. The Kier molecular flexibility index (Phi) is 5.03. The lowest BCUT2D eigenvalue weighted by Crippen LogP contribution is -2.36. The summed E-state index contributed by atoms with van der Waals surface area (Å²) in [5.74, 6) is 0.105. The minimum Gasteiger partial charge on any atom is -0.341 e. The van der Waals surface area contributed by atoms with Crippen LogP contribution in [0.15, 0.2) is 13.6 Å². The molecule has 2 heterocycles. The van der Waals surface area contributed by atoms with Gasteiger partial charge >= 0.3 is 0 Å². The van der Waals surface area contributed by atoms with Crippen molar-refractivity contribution in [1.82, 2.24) is 9.80 Å². The number of carbonyl (C=O) groups is 2. The van der Waals surface area contributed by atoms with Crippen molar-refractivity contribution in [3.05, 3.63) is 19.2 Å². The van der Waals surface area contributed by atoms with Crippen molar-refractivity contribution < 1.29 is 9.59 Å². The lowest BCUT2D eigenvalue weighted by molar-refractivity contribution is -0.128.